The van der Waals surface area contributed by atoms with Crippen molar-refractivity contribution in [3.05, 3.63) is 37.1 Å². The van der Waals surface area contributed by atoms with Crippen LogP contribution in [0.3, 0.4) is 0 Å². The zero-order valence-corrected chi connectivity index (χ0v) is 12.2. The van der Waals surface area contributed by atoms with Gasteiger partial charge in [0.15, 0.2) is 0 Å². The van der Waals surface area contributed by atoms with Gasteiger partial charge in [0.25, 0.3) is 0 Å². The molecule has 1 N–H and O–H groups in total. The Hall–Kier alpha value is -1.84. The Morgan fingerprint density at radius 3 is 2.60 bits per heavy atom. The summed E-state index contributed by atoms with van der Waals surface area (Å²) in [7, 11) is 0. The number of imidazole rings is 1. The molecule has 106 valence electrons. The van der Waals surface area contributed by atoms with Crippen LogP contribution in [-0.2, 0) is 0 Å². The lowest BCUT2D eigenvalue weighted by Gasteiger charge is -2.35. The third-order valence-electron chi connectivity index (χ3n) is 4.40. The number of nitrogens with zero attached hydrogens (tertiary/aromatic N) is 3. The lowest BCUT2D eigenvalue weighted by Crippen LogP contribution is -2.37. The van der Waals surface area contributed by atoms with E-state index in [1.807, 2.05) is 23.0 Å². The monoisotopic (exact) mass is 270 g/mol. The summed E-state index contributed by atoms with van der Waals surface area (Å²) in [5.74, 6) is 2.36. The van der Waals surface area contributed by atoms with Crippen molar-refractivity contribution in [2.24, 2.45) is 11.8 Å². The van der Waals surface area contributed by atoms with Gasteiger partial charge >= 0.3 is 0 Å². The molecule has 0 aromatic carbocycles. The second kappa shape index (κ2) is 5.65. The zero-order valence-electron chi connectivity index (χ0n) is 12.2. The Kier molecular flexibility index (Phi) is 3.72. The molecule has 0 radical (unpaired) electrons. The molecule has 20 heavy (non-hydrogen) atoms. The van der Waals surface area contributed by atoms with E-state index in [1.54, 1.807) is 12.5 Å². The molecule has 1 fully saturated rings. The van der Waals surface area contributed by atoms with Crippen molar-refractivity contribution in [2.45, 2.75) is 39.2 Å². The fourth-order valence-corrected chi connectivity index (χ4v) is 3.18. The molecule has 2 unspecified atom stereocenters. The Morgan fingerprint density at radius 1 is 1.20 bits per heavy atom. The maximum absolute atomic E-state index is 4.50. The summed E-state index contributed by atoms with van der Waals surface area (Å²) in [5, 5.41) is 3.67. The summed E-state index contributed by atoms with van der Waals surface area (Å²) < 4.78 is 1.91. The average molecular weight is 270 g/mol. The molecule has 4 nitrogen and oxygen atoms in total. The number of pyridine rings is 1. The van der Waals surface area contributed by atoms with Gasteiger partial charge in [0.05, 0.1) is 11.9 Å². The normalized spacial score (nSPS) is 26.4. The van der Waals surface area contributed by atoms with Crippen molar-refractivity contribution in [1.29, 1.82) is 0 Å². The number of nitrogens with one attached hydrogen (secondary N) is 1. The van der Waals surface area contributed by atoms with Crippen LogP contribution < -0.4 is 5.32 Å². The second-order valence-corrected chi connectivity index (χ2v) is 5.93. The highest BCUT2D eigenvalue weighted by Gasteiger charge is 2.27. The molecule has 0 saturated heterocycles. The standard InChI is InChI=1S/C16H22N4/c1-12-4-3-5-13(2)16(12)19-14-6-7-15(18-10-14)20-9-8-17-11-20/h6-13,16,19H,3-5H2,1-2H3. The second-order valence-electron chi connectivity index (χ2n) is 5.93. The Labute approximate surface area is 120 Å². The highest BCUT2D eigenvalue weighted by molar-refractivity contribution is 5.44. The van der Waals surface area contributed by atoms with Gasteiger partial charge in [0.1, 0.15) is 12.1 Å². The van der Waals surface area contributed by atoms with Gasteiger partial charge in [-0.05, 0) is 36.8 Å². The first-order valence-electron chi connectivity index (χ1n) is 7.45. The van der Waals surface area contributed by atoms with E-state index < -0.39 is 0 Å². The molecule has 1 saturated carbocycles. The number of anilines is 1. The summed E-state index contributed by atoms with van der Waals surface area (Å²) in [6, 6.07) is 4.70. The Bertz CT molecular complexity index is 522. The predicted octanol–water partition coefficient (Wildman–Crippen LogP) is 3.50. The Balaban J connectivity index is 1.71. The molecule has 2 atom stereocenters. The molecular formula is C16H22N4. The van der Waals surface area contributed by atoms with Gasteiger partial charge in [-0.1, -0.05) is 20.3 Å². The quantitative estimate of drug-likeness (QED) is 0.928. The Morgan fingerprint density at radius 2 is 2.00 bits per heavy atom. The van der Waals surface area contributed by atoms with Gasteiger partial charge in [-0.3, -0.25) is 4.57 Å². The topological polar surface area (TPSA) is 42.7 Å². The van der Waals surface area contributed by atoms with Gasteiger partial charge in [0, 0.05) is 18.4 Å². The molecule has 4 heteroatoms. The molecule has 0 aliphatic heterocycles. The van der Waals surface area contributed by atoms with Crippen LogP contribution in [0, 0.1) is 11.8 Å². The third-order valence-corrected chi connectivity index (χ3v) is 4.40. The molecule has 3 rings (SSSR count). The van der Waals surface area contributed by atoms with E-state index in [4.69, 9.17) is 0 Å². The van der Waals surface area contributed by atoms with Crippen LogP contribution in [0.1, 0.15) is 33.1 Å². The SMILES string of the molecule is CC1CCCC(C)C1Nc1ccc(-n2ccnc2)nc1. The van der Waals surface area contributed by atoms with Crippen molar-refractivity contribution in [3.8, 4) is 5.82 Å². The van der Waals surface area contributed by atoms with Gasteiger partial charge in [-0.25, -0.2) is 9.97 Å². The largest absolute Gasteiger partial charge is 0.381 e. The van der Waals surface area contributed by atoms with Gasteiger partial charge in [-0.15, -0.1) is 0 Å². The average Bonchev–Trinajstić information content (AvgIpc) is 2.98. The lowest BCUT2D eigenvalue weighted by atomic mass is 9.78. The fourth-order valence-electron chi connectivity index (χ4n) is 3.18. The van der Waals surface area contributed by atoms with Gasteiger partial charge in [0.2, 0.25) is 0 Å². The van der Waals surface area contributed by atoms with E-state index in [1.165, 1.54) is 19.3 Å². The maximum atomic E-state index is 4.50. The maximum Gasteiger partial charge on any atom is 0.137 e. The van der Waals surface area contributed by atoms with E-state index in [0.29, 0.717) is 6.04 Å². The van der Waals surface area contributed by atoms with E-state index in [9.17, 15) is 0 Å². The minimum absolute atomic E-state index is 0.560. The first kappa shape index (κ1) is 13.2. The van der Waals surface area contributed by atoms with Crippen LogP contribution in [0.4, 0.5) is 5.69 Å². The minimum Gasteiger partial charge on any atom is -0.381 e. The van der Waals surface area contributed by atoms with Crippen LogP contribution in [0.15, 0.2) is 37.1 Å². The van der Waals surface area contributed by atoms with Crippen LogP contribution in [-0.4, -0.2) is 20.6 Å². The van der Waals surface area contributed by atoms with E-state index in [0.717, 1.165) is 23.3 Å². The smallest absolute Gasteiger partial charge is 0.137 e. The van der Waals surface area contributed by atoms with Crippen LogP contribution >= 0.6 is 0 Å². The summed E-state index contributed by atoms with van der Waals surface area (Å²) in [6.07, 6.45) is 11.4. The molecule has 1 aliphatic rings. The highest BCUT2D eigenvalue weighted by atomic mass is 15.1. The number of aromatic nitrogens is 3. The zero-order chi connectivity index (χ0) is 13.9. The fraction of sp³-hybridized carbons (Fsp3) is 0.500. The summed E-state index contributed by atoms with van der Waals surface area (Å²) in [5.41, 5.74) is 1.11. The van der Waals surface area contributed by atoms with Crippen LogP contribution in [0.25, 0.3) is 5.82 Å². The summed E-state index contributed by atoms with van der Waals surface area (Å²) in [4.78, 5) is 8.54. The van der Waals surface area contributed by atoms with E-state index in [-0.39, 0.29) is 0 Å². The number of hydrogen-bond donors (Lipinski definition) is 1. The van der Waals surface area contributed by atoms with Crippen molar-refractivity contribution >= 4 is 5.69 Å². The first-order valence-corrected chi connectivity index (χ1v) is 7.45. The van der Waals surface area contributed by atoms with Crippen molar-refractivity contribution in [2.75, 3.05) is 5.32 Å². The molecule has 0 amide bonds. The molecule has 2 aromatic rings. The predicted molar refractivity (Wildman–Crippen MR) is 80.9 cm³/mol. The molecule has 2 aromatic heterocycles. The third kappa shape index (κ3) is 2.69. The van der Waals surface area contributed by atoms with Crippen molar-refractivity contribution < 1.29 is 0 Å². The van der Waals surface area contributed by atoms with Gasteiger partial charge in [-0.2, -0.15) is 0 Å². The molecule has 0 bridgehead atoms. The first-order chi connectivity index (χ1) is 9.74. The molecule has 1 aliphatic carbocycles. The number of hydrogen-bond acceptors (Lipinski definition) is 3. The van der Waals surface area contributed by atoms with Crippen molar-refractivity contribution in [3.63, 3.8) is 0 Å². The van der Waals surface area contributed by atoms with E-state index >= 15 is 0 Å². The van der Waals surface area contributed by atoms with Gasteiger partial charge < -0.3 is 5.32 Å². The lowest BCUT2D eigenvalue weighted by molar-refractivity contribution is 0.268. The van der Waals surface area contributed by atoms with Crippen molar-refractivity contribution in [1.82, 2.24) is 14.5 Å². The number of rotatable bonds is 3. The molecular weight excluding hydrogens is 248 g/mol. The molecule has 2 heterocycles. The summed E-state index contributed by atoms with van der Waals surface area (Å²) >= 11 is 0. The molecule has 0 spiro atoms. The highest BCUT2D eigenvalue weighted by Crippen LogP contribution is 2.31. The van der Waals surface area contributed by atoms with E-state index in [2.05, 4.69) is 35.2 Å². The summed E-state index contributed by atoms with van der Waals surface area (Å²) in [6.45, 7) is 4.70. The van der Waals surface area contributed by atoms with Crippen LogP contribution in [0.2, 0.25) is 0 Å². The van der Waals surface area contributed by atoms with Crippen LogP contribution in [0.5, 0.6) is 0 Å². The minimum atomic E-state index is 0.560.